The van der Waals surface area contributed by atoms with Crippen LogP contribution in [0.15, 0.2) is 36.4 Å². The van der Waals surface area contributed by atoms with Gasteiger partial charge in [0.2, 0.25) is 0 Å². The molecule has 0 fully saturated rings. The Balaban J connectivity index is 2.04. The molecular weight excluding hydrogens is 472 g/mol. The molecule has 0 saturated heterocycles. The van der Waals surface area contributed by atoms with E-state index in [2.05, 4.69) is 10.6 Å². The van der Waals surface area contributed by atoms with Crippen LogP contribution in [-0.2, 0) is 14.3 Å². The van der Waals surface area contributed by atoms with E-state index in [4.69, 9.17) is 16.3 Å². The molecule has 2 rings (SSSR count). The van der Waals surface area contributed by atoms with Crippen molar-refractivity contribution in [3.05, 3.63) is 72.8 Å². The summed E-state index contributed by atoms with van der Waals surface area (Å²) in [4.78, 5) is 58.0. The number of nitrogens with zero attached hydrogens (tertiary/aromatic N) is 2. The maximum absolute atomic E-state index is 12.5. The summed E-state index contributed by atoms with van der Waals surface area (Å²) < 4.78 is 5.01. The van der Waals surface area contributed by atoms with E-state index in [1.54, 1.807) is 13.8 Å². The predicted molar refractivity (Wildman–Crippen MR) is 122 cm³/mol. The second-order valence-electron chi connectivity index (χ2n) is 7.48. The van der Waals surface area contributed by atoms with Gasteiger partial charge in [0, 0.05) is 17.7 Å². The van der Waals surface area contributed by atoms with Gasteiger partial charge in [-0.25, -0.2) is 4.79 Å². The minimum Gasteiger partial charge on any atom is -0.454 e. The number of benzene rings is 2. The zero-order valence-corrected chi connectivity index (χ0v) is 19.1. The number of hydrogen-bond acceptors (Lipinski definition) is 8. The summed E-state index contributed by atoms with van der Waals surface area (Å²) in [5.41, 5.74) is -0.316. The molecule has 2 aromatic rings. The zero-order chi connectivity index (χ0) is 25.6. The molecule has 1 atom stereocenters. The van der Waals surface area contributed by atoms with Gasteiger partial charge in [-0.05, 0) is 31.0 Å². The monoisotopic (exact) mass is 492 g/mol. The van der Waals surface area contributed by atoms with Crippen LogP contribution in [0.3, 0.4) is 0 Å². The minimum absolute atomic E-state index is 0.0894. The van der Waals surface area contributed by atoms with Crippen molar-refractivity contribution in [3.8, 4) is 0 Å². The predicted octanol–water partition coefficient (Wildman–Crippen LogP) is 3.40. The smallest absolute Gasteiger partial charge is 0.329 e. The van der Waals surface area contributed by atoms with Crippen molar-refractivity contribution < 1.29 is 29.0 Å². The molecule has 0 aromatic heterocycles. The molecule has 0 spiro atoms. The number of amides is 2. The average Bonchev–Trinajstić information content (AvgIpc) is 2.76. The van der Waals surface area contributed by atoms with E-state index in [1.807, 2.05) is 0 Å². The molecule has 2 N–H and O–H groups in total. The normalized spacial score (nSPS) is 11.4. The lowest BCUT2D eigenvalue weighted by atomic mass is 10.0. The van der Waals surface area contributed by atoms with Gasteiger partial charge in [0.1, 0.15) is 11.1 Å². The number of hydrogen-bond donors (Lipinski definition) is 2. The molecule has 0 aliphatic carbocycles. The van der Waals surface area contributed by atoms with Crippen LogP contribution in [0, 0.1) is 33.1 Å². The Morgan fingerprint density at radius 3 is 2.29 bits per heavy atom. The first-order valence-electron chi connectivity index (χ1n) is 9.87. The number of esters is 1. The lowest BCUT2D eigenvalue weighted by molar-refractivity contribution is -0.385. The number of nitrogens with one attached hydrogen (secondary N) is 2. The number of nitro benzene ring substituents is 2. The number of anilines is 1. The van der Waals surface area contributed by atoms with Crippen LogP contribution in [0.1, 0.15) is 29.8 Å². The molecule has 180 valence electrons. The van der Waals surface area contributed by atoms with Crippen LogP contribution in [0.5, 0.6) is 0 Å². The number of ether oxygens (including phenoxy) is 1. The topological polar surface area (TPSA) is 171 Å². The highest BCUT2D eigenvalue weighted by atomic mass is 35.5. The molecule has 34 heavy (non-hydrogen) atoms. The van der Waals surface area contributed by atoms with E-state index in [1.165, 1.54) is 37.3 Å². The zero-order valence-electron chi connectivity index (χ0n) is 18.4. The highest BCUT2D eigenvalue weighted by molar-refractivity contribution is 6.32. The van der Waals surface area contributed by atoms with Crippen molar-refractivity contribution in [1.82, 2.24) is 5.32 Å². The largest absolute Gasteiger partial charge is 0.454 e. The second-order valence-corrected chi connectivity index (χ2v) is 7.89. The molecule has 0 aliphatic heterocycles. The molecular formula is C21H21ClN4O8. The SMILES string of the molecule is Cc1c(NC(=O)COC(=O)[C@@H](NC(=O)c2ccc(Cl)c([N+](=O)[O-])c2)C(C)C)cccc1[N+](=O)[O-]. The van der Waals surface area contributed by atoms with Crippen molar-refractivity contribution in [3.63, 3.8) is 0 Å². The Labute approximate surface area is 198 Å². The van der Waals surface area contributed by atoms with Gasteiger partial charge in [0.15, 0.2) is 6.61 Å². The fourth-order valence-corrected chi connectivity index (χ4v) is 3.07. The minimum atomic E-state index is -1.16. The third-order valence-electron chi connectivity index (χ3n) is 4.73. The summed E-state index contributed by atoms with van der Waals surface area (Å²) in [7, 11) is 0. The summed E-state index contributed by atoms with van der Waals surface area (Å²) in [6, 6.07) is 6.43. The lowest BCUT2D eigenvalue weighted by Crippen LogP contribution is -2.46. The molecule has 2 amide bonds. The quantitative estimate of drug-likeness (QED) is 0.304. The molecule has 0 heterocycles. The Kier molecular flexibility index (Phi) is 8.62. The van der Waals surface area contributed by atoms with Gasteiger partial charge < -0.3 is 15.4 Å². The Morgan fingerprint density at radius 1 is 1.06 bits per heavy atom. The molecule has 2 aromatic carbocycles. The van der Waals surface area contributed by atoms with Crippen LogP contribution < -0.4 is 10.6 Å². The summed E-state index contributed by atoms with van der Waals surface area (Å²) >= 11 is 5.75. The highest BCUT2D eigenvalue weighted by Gasteiger charge is 2.28. The van der Waals surface area contributed by atoms with E-state index < -0.39 is 51.9 Å². The number of carbonyl (C=O) groups excluding carboxylic acids is 3. The van der Waals surface area contributed by atoms with Gasteiger partial charge in [-0.2, -0.15) is 0 Å². The van der Waals surface area contributed by atoms with E-state index in [9.17, 15) is 34.6 Å². The first-order chi connectivity index (χ1) is 15.9. The molecule has 0 saturated carbocycles. The van der Waals surface area contributed by atoms with Crippen molar-refractivity contribution >= 4 is 46.4 Å². The summed E-state index contributed by atoms with van der Waals surface area (Å²) in [5, 5.41) is 26.8. The second kappa shape index (κ2) is 11.2. The highest BCUT2D eigenvalue weighted by Crippen LogP contribution is 2.26. The average molecular weight is 493 g/mol. The van der Waals surface area contributed by atoms with Crippen molar-refractivity contribution in [2.75, 3.05) is 11.9 Å². The van der Waals surface area contributed by atoms with Crippen molar-refractivity contribution in [1.29, 1.82) is 0 Å². The standard InChI is InChI=1S/C21H21ClN4O8/c1-11(2)19(24-20(28)13-7-8-14(22)17(9-13)26(32)33)21(29)34-10-18(27)23-15-5-4-6-16(12(15)3)25(30)31/h4-9,11,19H,10H2,1-3H3,(H,23,27)(H,24,28)/t19-/m0/s1. The Morgan fingerprint density at radius 2 is 1.71 bits per heavy atom. The molecule has 12 nitrogen and oxygen atoms in total. The first kappa shape index (κ1) is 26.2. The van der Waals surface area contributed by atoms with Crippen LogP contribution >= 0.6 is 11.6 Å². The molecule has 0 bridgehead atoms. The summed E-state index contributed by atoms with van der Waals surface area (Å²) in [5.74, 6) is -2.86. The summed E-state index contributed by atoms with van der Waals surface area (Å²) in [6.45, 7) is 4.02. The van der Waals surface area contributed by atoms with E-state index >= 15 is 0 Å². The van der Waals surface area contributed by atoms with Gasteiger partial charge in [-0.3, -0.25) is 29.8 Å². The number of rotatable bonds is 9. The third kappa shape index (κ3) is 6.48. The maximum Gasteiger partial charge on any atom is 0.329 e. The van der Waals surface area contributed by atoms with Crippen LogP contribution in [0.4, 0.5) is 17.1 Å². The fraction of sp³-hybridized carbons (Fsp3) is 0.286. The molecule has 0 aliphatic rings. The first-order valence-corrected chi connectivity index (χ1v) is 10.3. The van der Waals surface area contributed by atoms with Gasteiger partial charge in [-0.1, -0.05) is 31.5 Å². The van der Waals surface area contributed by atoms with E-state index in [-0.39, 0.29) is 27.5 Å². The molecule has 0 radical (unpaired) electrons. The summed E-state index contributed by atoms with van der Waals surface area (Å²) in [6.07, 6.45) is 0. The maximum atomic E-state index is 12.5. The van der Waals surface area contributed by atoms with E-state index in [0.717, 1.165) is 6.07 Å². The number of nitro groups is 2. The van der Waals surface area contributed by atoms with Gasteiger partial charge >= 0.3 is 5.97 Å². The van der Waals surface area contributed by atoms with E-state index in [0.29, 0.717) is 0 Å². The number of halogens is 1. The van der Waals surface area contributed by atoms with Gasteiger partial charge in [-0.15, -0.1) is 0 Å². The van der Waals surface area contributed by atoms with Crippen LogP contribution in [0.25, 0.3) is 0 Å². The van der Waals surface area contributed by atoms with Crippen molar-refractivity contribution in [2.45, 2.75) is 26.8 Å². The molecule has 0 unspecified atom stereocenters. The fourth-order valence-electron chi connectivity index (χ4n) is 2.89. The van der Waals surface area contributed by atoms with Crippen LogP contribution in [0.2, 0.25) is 5.02 Å². The van der Waals surface area contributed by atoms with Crippen molar-refractivity contribution in [2.24, 2.45) is 5.92 Å². The van der Waals surface area contributed by atoms with Crippen LogP contribution in [-0.4, -0.2) is 40.3 Å². The third-order valence-corrected chi connectivity index (χ3v) is 5.05. The Hall–Kier alpha value is -4.06. The Bertz CT molecular complexity index is 1150. The van der Waals surface area contributed by atoms with Gasteiger partial charge in [0.05, 0.1) is 21.1 Å². The lowest BCUT2D eigenvalue weighted by Gasteiger charge is -2.21. The number of carbonyl (C=O) groups is 3. The van der Waals surface area contributed by atoms with Gasteiger partial charge in [0.25, 0.3) is 23.2 Å². The molecule has 13 heteroatoms.